The number of fused-ring (bicyclic) bond motifs is 1. The largest absolute Gasteiger partial charge is 0.454 e. The van der Waals surface area contributed by atoms with Gasteiger partial charge in [-0.1, -0.05) is 12.1 Å². The summed E-state index contributed by atoms with van der Waals surface area (Å²) in [6, 6.07) is 14.7. The Morgan fingerprint density at radius 3 is 3.00 bits per heavy atom. The number of hydrogen-bond donors (Lipinski definition) is 1. The normalized spacial score (nSPS) is 12.5. The minimum absolute atomic E-state index is 0.224. The van der Waals surface area contributed by atoms with Crippen LogP contribution in [0.25, 0.3) is 0 Å². The summed E-state index contributed by atoms with van der Waals surface area (Å²) in [5.41, 5.74) is 4.87. The molecular formula is C19H16N4O3. The van der Waals surface area contributed by atoms with Crippen molar-refractivity contribution in [1.82, 2.24) is 15.2 Å². The number of nitrogens with one attached hydrogen (secondary N) is 1. The maximum atomic E-state index is 12.3. The van der Waals surface area contributed by atoms with Gasteiger partial charge in [-0.2, -0.15) is 10.2 Å². The SMILES string of the molecule is O=C(NN=Cc1ccc2c(c1)OCO2)c1cccc(Cn2cccn2)c1. The minimum atomic E-state index is -0.274. The Bertz CT molecular complexity index is 951. The molecular weight excluding hydrogens is 332 g/mol. The fraction of sp³-hybridized carbons (Fsp3) is 0.105. The summed E-state index contributed by atoms with van der Waals surface area (Å²) in [4.78, 5) is 12.3. The highest BCUT2D eigenvalue weighted by atomic mass is 16.7. The highest BCUT2D eigenvalue weighted by molar-refractivity contribution is 5.95. The number of amides is 1. The number of carbonyl (C=O) groups excluding carboxylic acids is 1. The average Bonchev–Trinajstić information content (AvgIpc) is 3.33. The van der Waals surface area contributed by atoms with E-state index in [0.717, 1.165) is 11.1 Å². The van der Waals surface area contributed by atoms with Crippen LogP contribution in [-0.4, -0.2) is 28.7 Å². The van der Waals surface area contributed by atoms with E-state index in [2.05, 4.69) is 15.6 Å². The molecule has 0 unspecified atom stereocenters. The smallest absolute Gasteiger partial charge is 0.271 e. The first-order valence-corrected chi connectivity index (χ1v) is 8.07. The number of hydrazone groups is 1. The zero-order chi connectivity index (χ0) is 17.8. The van der Waals surface area contributed by atoms with E-state index >= 15 is 0 Å². The Morgan fingerprint density at radius 1 is 1.19 bits per heavy atom. The fourth-order valence-corrected chi connectivity index (χ4v) is 2.62. The third-order valence-corrected chi connectivity index (χ3v) is 3.87. The Kier molecular flexibility index (Phi) is 4.34. The zero-order valence-corrected chi connectivity index (χ0v) is 13.8. The maximum Gasteiger partial charge on any atom is 0.271 e. The Labute approximate surface area is 149 Å². The molecule has 7 nitrogen and oxygen atoms in total. The van der Waals surface area contributed by atoms with Crippen molar-refractivity contribution in [3.63, 3.8) is 0 Å². The third kappa shape index (κ3) is 3.56. The average molecular weight is 348 g/mol. The van der Waals surface area contributed by atoms with Crippen LogP contribution in [0, 0.1) is 0 Å². The molecule has 0 bridgehead atoms. The number of rotatable bonds is 5. The van der Waals surface area contributed by atoms with Crippen LogP contribution in [0.5, 0.6) is 11.5 Å². The molecule has 1 aromatic heterocycles. The van der Waals surface area contributed by atoms with E-state index < -0.39 is 0 Å². The molecule has 1 N–H and O–H groups in total. The van der Waals surface area contributed by atoms with Gasteiger partial charge in [-0.3, -0.25) is 9.48 Å². The van der Waals surface area contributed by atoms with Crippen LogP contribution >= 0.6 is 0 Å². The number of carbonyl (C=O) groups is 1. The number of ether oxygens (including phenoxy) is 2. The Hall–Kier alpha value is -3.61. The van der Waals surface area contributed by atoms with Crippen molar-refractivity contribution < 1.29 is 14.3 Å². The van der Waals surface area contributed by atoms with Gasteiger partial charge in [0.15, 0.2) is 11.5 Å². The Morgan fingerprint density at radius 2 is 2.12 bits per heavy atom. The van der Waals surface area contributed by atoms with Crippen LogP contribution in [0.2, 0.25) is 0 Å². The predicted molar refractivity (Wildman–Crippen MR) is 95.4 cm³/mol. The third-order valence-electron chi connectivity index (χ3n) is 3.87. The van der Waals surface area contributed by atoms with Gasteiger partial charge in [0, 0.05) is 18.0 Å². The lowest BCUT2D eigenvalue weighted by Crippen LogP contribution is -2.18. The summed E-state index contributed by atoms with van der Waals surface area (Å²) in [7, 11) is 0. The van der Waals surface area contributed by atoms with Crippen LogP contribution in [-0.2, 0) is 6.54 Å². The Balaban J connectivity index is 1.40. The number of nitrogens with zero attached hydrogens (tertiary/aromatic N) is 3. The van der Waals surface area contributed by atoms with Crippen molar-refractivity contribution in [3.8, 4) is 11.5 Å². The summed E-state index contributed by atoms with van der Waals surface area (Å²) < 4.78 is 12.4. The summed E-state index contributed by atoms with van der Waals surface area (Å²) in [6.45, 7) is 0.829. The van der Waals surface area contributed by atoms with Gasteiger partial charge in [-0.15, -0.1) is 0 Å². The molecule has 0 aliphatic carbocycles. The monoisotopic (exact) mass is 348 g/mol. The van der Waals surface area contributed by atoms with Crippen molar-refractivity contribution in [2.45, 2.75) is 6.54 Å². The van der Waals surface area contributed by atoms with E-state index in [1.807, 2.05) is 48.7 Å². The fourth-order valence-electron chi connectivity index (χ4n) is 2.62. The van der Waals surface area contributed by atoms with E-state index in [0.29, 0.717) is 23.6 Å². The second-order valence-electron chi connectivity index (χ2n) is 5.72. The van der Waals surface area contributed by atoms with Crippen molar-refractivity contribution >= 4 is 12.1 Å². The van der Waals surface area contributed by atoms with Crippen LogP contribution in [0.4, 0.5) is 0 Å². The van der Waals surface area contributed by atoms with Gasteiger partial charge in [-0.05, 0) is 47.5 Å². The van der Waals surface area contributed by atoms with Gasteiger partial charge in [0.2, 0.25) is 6.79 Å². The van der Waals surface area contributed by atoms with Crippen LogP contribution in [0.1, 0.15) is 21.5 Å². The number of benzene rings is 2. The van der Waals surface area contributed by atoms with Gasteiger partial charge in [0.05, 0.1) is 12.8 Å². The topological polar surface area (TPSA) is 77.7 Å². The number of aromatic nitrogens is 2. The standard InChI is InChI=1S/C19H16N4O3/c24-19(16-4-1-3-15(9-16)12-23-8-2-7-21-23)22-20-11-14-5-6-17-18(10-14)26-13-25-17/h1-11H,12-13H2,(H,22,24). The van der Waals surface area contributed by atoms with Crippen molar-refractivity contribution in [3.05, 3.63) is 77.6 Å². The molecule has 4 rings (SSSR count). The molecule has 0 atom stereocenters. The van der Waals surface area contributed by atoms with Crippen LogP contribution < -0.4 is 14.9 Å². The zero-order valence-electron chi connectivity index (χ0n) is 13.8. The molecule has 7 heteroatoms. The molecule has 1 aliphatic heterocycles. The molecule has 0 spiro atoms. The molecule has 0 radical (unpaired) electrons. The molecule has 2 aromatic carbocycles. The van der Waals surface area contributed by atoms with E-state index in [1.54, 1.807) is 23.2 Å². The summed E-state index contributed by atoms with van der Waals surface area (Å²) in [6.07, 6.45) is 5.16. The lowest BCUT2D eigenvalue weighted by atomic mass is 10.1. The molecule has 2 heterocycles. The van der Waals surface area contributed by atoms with Crippen LogP contribution in [0.15, 0.2) is 66.0 Å². The van der Waals surface area contributed by atoms with Gasteiger partial charge < -0.3 is 9.47 Å². The quantitative estimate of drug-likeness (QED) is 0.567. The minimum Gasteiger partial charge on any atom is -0.454 e. The first-order chi connectivity index (χ1) is 12.8. The lowest BCUT2D eigenvalue weighted by molar-refractivity contribution is 0.0955. The summed E-state index contributed by atoms with van der Waals surface area (Å²) in [5.74, 6) is 1.11. The van der Waals surface area contributed by atoms with Crippen molar-refractivity contribution in [2.24, 2.45) is 5.10 Å². The highest BCUT2D eigenvalue weighted by Crippen LogP contribution is 2.31. The second-order valence-corrected chi connectivity index (χ2v) is 5.72. The van der Waals surface area contributed by atoms with Gasteiger partial charge >= 0.3 is 0 Å². The lowest BCUT2D eigenvalue weighted by Gasteiger charge is -2.05. The molecule has 3 aromatic rings. The van der Waals surface area contributed by atoms with Crippen molar-refractivity contribution in [2.75, 3.05) is 6.79 Å². The number of hydrogen-bond acceptors (Lipinski definition) is 5. The summed E-state index contributed by atoms with van der Waals surface area (Å²) in [5, 5.41) is 8.18. The second kappa shape index (κ2) is 7.10. The van der Waals surface area contributed by atoms with Gasteiger partial charge in [-0.25, -0.2) is 5.43 Å². The molecule has 26 heavy (non-hydrogen) atoms. The maximum absolute atomic E-state index is 12.3. The molecule has 0 saturated carbocycles. The molecule has 0 saturated heterocycles. The first kappa shape index (κ1) is 15.9. The van der Waals surface area contributed by atoms with Gasteiger partial charge in [0.1, 0.15) is 0 Å². The highest BCUT2D eigenvalue weighted by Gasteiger charge is 2.12. The van der Waals surface area contributed by atoms with Crippen molar-refractivity contribution in [1.29, 1.82) is 0 Å². The summed E-state index contributed by atoms with van der Waals surface area (Å²) >= 11 is 0. The molecule has 0 fully saturated rings. The van der Waals surface area contributed by atoms with E-state index in [4.69, 9.17) is 9.47 Å². The first-order valence-electron chi connectivity index (χ1n) is 8.07. The molecule has 130 valence electrons. The van der Waals surface area contributed by atoms with Gasteiger partial charge in [0.25, 0.3) is 5.91 Å². The molecule has 1 amide bonds. The predicted octanol–water partition coefficient (Wildman–Crippen LogP) is 2.42. The van der Waals surface area contributed by atoms with E-state index in [1.165, 1.54) is 0 Å². The van der Waals surface area contributed by atoms with E-state index in [-0.39, 0.29) is 12.7 Å². The molecule has 1 aliphatic rings. The van der Waals surface area contributed by atoms with E-state index in [9.17, 15) is 4.79 Å². The van der Waals surface area contributed by atoms with Crippen LogP contribution in [0.3, 0.4) is 0 Å².